The van der Waals surface area contributed by atoms with E-state index in [4.69, 9.17) is 0 Å². The molecule has 0 unspecified atom stereocenters. The summed E-state index contributed by atoms with van der Waals surface area (Å²) in [6.07, 6.45) is 4.81. The molecule has 0 radical (unpaired) electrons. The van der Waals surface area contributed by atoms with Crippen molar-refractivity contribution >= 4 is 17.7 Å². The minimum atomic E-state index is -0.235. The molecule has 0 fully saturated rings. The Morgan fingerprint density at radius 1 is 1.50 bits per heavy atom. The first-order chi connectivity index (χ1) is 8.67. The highest BCUT2D eigenvalue weighted by Gasteiger charge is 2.06. The van der Waals surface area contributed by atoms with Gasteiger partial charge in [-0.1, -0.05) is 12.1 Å². The fourth-order valence-electron chi connectivity index (χ4n) is 1.57. The van der Waals surface area contributed by atoms with Crippen molar-refractivity contribution in [2.24, 2.45) is 0 Å². The number of halogens is 1. The molecule has 98 valence electrons. The number of hydrogen-bond acceptors (Lipinski definition) is 2. The quantitative estimate of drug-likeness (QED) is 0.768. The molecule has 18 heavy (non-hydrogen) atoms. The third kappa shape index (κ3) is 4.92. The van der Waals surface area contributed by atoms with Crippen LogP contribution >= 0.6 is 11.8 Å². The van der Waals surface area contributed by atoms with E-state index in [1.54, 1.807) is 23.9 Å². The summed E-state index contributed by atoms with van der Waals surface area (Å²) >= 11 is 1.63. The Kier molecular flexibility index (Phi) is 6.50. The second-order valence-electron chi connectivity index (χ2n) is 3.95. The van der Waals surface area contributed by atoms with Crippen LogP contribution in [0, 0.1) is 5.82 Å². The molecule has 1 rings (SSSR count). The summed E-state index contributed by atoms with van der Waals surface area (Å²) in [5.74, 6) is 0.505. The van der Waals surface area contributed by atoms with E-state index in [1.165, 1.54) is 12.1 Å². The number of amides is 1. The van der Waals surface area contributed by atoms with Crippen LogP contribution in [0.1, 0.15) is 24.0 Å². The predicted molar refractivity (Wildman–Crippen MR) is 74.9 cm³/mol. The zero-order valence-corrected chi connectivity index (χ0v) is 11.4. The first-order valence-corrected chi connectivity index (χ1v) is 7.20. The van der Waals surface area contributed by atoms with E-state index in [0.29, 0.717) is 19.4 Å². The summed E-state index contributed by atoms with van der Waals surface area (Å²) < 4.78 is 13.1. The van der Waals surface area contributed by atoms with Crippen LogP contribution in [0.5, 0.6) is 0 Å². The number of rotatable bonds is 7. The fraction of sp³-hybridized carbons (Fsp3) is 0.357. The molecule has 0 aromatic heterocycles. The molecular formula is C14H18FNOS. The monoisotopic (exact) mass is 267 g/mol. The zero-order chi connectivity index (χ0) is 13.4. The molecular weight excluding hydrogens is 249 g/mol. The second-order valence-corrected chi connectivity index (χ2v) is 4.82. The number of carbonyl (C=O) groups excluding carboxylic acids is 1. The first kappa shape index (κ1) is 14.8. The van der Waals surface area contributed by atoms with Crippen molar-refractivity contribution in [3.63, 3.8) is 0 Å². The van der Waals surface area contributed by atoms with Gasteiger partial charge in [0.05, 0.1) is 0 Å². The SMILES string of the molecule is C=CCCC(=O)NCc1ccc(F)cc1CSC. The molecule has 2 nitrogen and oxygen atoms in total. The van der Waals surface area contributed by atoms with E-state index in [2.05, 4.69) is 11.9 Å². The molecule has 0 atom stereocenters. The van der Waals surface area contributed by atoms with Gasteiger partial charge < -0.3 is 5.32 Å². The third-order valence-corrected chi connectivity index (χ3v) is 3.12. The van der Waals surface area contributed by atoms with Gasteiger partial charge in [0.2, 0.25) is 5.91 Å². The maximum Gasteiger partial charge on any atom is 0.220 e. The summed E-state index contributed by atoms with van der Waals surface area (Å²) in [5, 5.41) is 2.83. The van der Waals surface area contributed by atoms with Gasteiger partial charge >= 0.3 is 0 Å². The summed E-state index contributed by atoms with van der Waals surface area (Å²) in [7, 11) is 0. The number of nitrogens with one attached hydrogen (secondary N) is 1. The Bertz CT molecular complexity index is 420. The Labute approximate surface area is 112 Å². The van der Waals surface area contributed by atoms with Gasteiger partial charge in [-0.25, -0.2) is 4.39 Å². The lowest BCUT2D eigenvalue weighted by Crippen LogP contribution is -2.22. The molecule has 1 aromatic rings. The molecule has 0 bridgehead atoms. The lowest BCUT2D eigenvalue weighted by atomic mass is 10.1. The summed E-state index contributed by atoms with van der Waals surface area (Å²) in [6, 6.07) is 4.69. The summed E-state index contributed by atoms with van der Waals surface area (Å²) in [4.78, 5) is 11.5. The molecule has 0 saturated heterocycles. The summed E-state index contributed by atoms with van der Waals surface area (Å²) in [6.45, 7) is 4.03. The predicted octanol–water partition coefficient (Wildman–Crippen LogP) is 3.27. The molecule has 0 spiro atoms. The van der Waals surface area contributed by atoms with E-state index in [9.17, 15) is 9.18 Å². The highest BCUT2D eigenvalue weighted by molar-refractivity contribution is 7.97. The maximum atomic E-state index is 13.1. The van der Waals surface area contributed by atoms with Crippen LogP contribution in [0.4, 0.5) is 4.39 Å². The van der Waals surface area contributed by atoms with E-state index in [-0.39, 0.29) is 11.7 Å². The zero-order valence-electron chi connectivity index (χ0n) is 10.5. The van der Waals surface area contributed by atoms with Crippen molar-refractivity contribution in [3.05, 3.63) is 47.8 Å². The van der Waals surface area contributed by atoms with Crippen LogP contribution in [0.25, 0.3) is 0 Å². The number of hydrogen-bond donors (Lipinski definition) is 1. The minimum Gasteiger partial charge on any atom is -0.352 e. The lowest BCUT2D eigenvalue weighted by Gasteiger charge is -2.10. The van der Waals surface area contributed by atoms with Crippen molar-refractivity contribution in [2.45, 2.75) is 25.1 Å². The van der Waals surface area contributed by atoms with Gasteiger partial charge in [-0.2, -0.15) is 11.8 Å². The molecule has 1 amide bonds. The van der Waals surface area contributed by atoms with Gasteiger partial charge in [0, 0.05) is 18.7 Å². The molecule has 1 aromatic carbocycles. The molecule has 0 heterocycles. The van der Waals surface area contributed by atoms with E-state index < -0.39 is 0 Å². The third-order valence-electron chi connectivity index (χ3n) is 2.52. The Balaban J connectivity index is 2.60. The number of carbonyl (C=O) groups is 1. The molecule has 1 N–H and O–H groups in total. The summed E-state index contributed by atoms with van der Waals surface area (Å²) in [5.41, 5.74) is 1.91. The largest absolute Gasteiger partial charge is 0.352 e. The highest BCUT2D eigenvalue weighted by atomic mass is 32.2. The topological polar surface area (TPSA) is 29.1 Å². The normalized spacial score (nSPS) is 10.1. The number of thioether (sulfide) groups is 1. The molecule has 0 aliphatic carbocycles. The lowest BCUT2D eigenvalue weighted by molar-refractivity contribution is -0.121. The number of benzene rings is 1. The molecule has 4 heteroatoms. The molecule has 0 saturated carbocycles. The van der Waals surface area contributed by atoms with Crippen molar-refractivity contribution in [1.82, 2.24) is 5.32 Å². The average molecular weight is 267 g/mol. The molecule has 0 aliphatic heterocycles. The minimum absolute atomic E-state index is 0.00525. The van der Waals surface area contributed by atoms with Crippen molar-refractivity contribution < 1.29 is 9.18 Å². The van der Waals surface area contributed by atoms with Crippen LogP contribution in [0.3, 0.4) is 0 Å². The first-order valence-electron chi connectivity index (χ1n) is 5.81. The van der Waals surface area contributed by atoms with Crippen LogP contribution in [-0.4, -0.2) is 12.2 Å². The van der Waals surface area contributed by atoms with Gasteiger partial charge in [0.15, 0.2) is 0 Å². The fourth-order valence-corrected chi connectivity index (χ4v) is 2.15. The van der Waals surface area contributed by atoms with Crippen molar-refractivity contribution in [1.29, 1.82) is 0 Å². The standard InChI is InChI=1S/C14H18FNOS/c1-3-4-5-14(17)16-9-11-6-7-13(15)8-12(11)10-18-2/h3,6-8H,1,4-5,9-10H2,2H3,(H,16,17). The maximum absolute atomic E-state index is 13.1. The van der Waals surface area contributed by atoms with Crippen LogP contribution < -0.4 is 5.32 Å². The highest BCUT2D eigenvalue weighted by Crippen LogP contribution is 2.16. The van der Waals surface area contributed by atoms with Gasteiger partial charge in [-0.3, -0.25) is 4.79 Å². The smallest absolute Gasteiger partial charge is 0.220 e. The van der Waals surface area contributed by atoms with Crippen molar-refractivity contribution in [2.75, 3.05) is 6.26 Å². The average Bonchev–Trinajstić information content (AvgIpc) is 2.36. The van der Waals surface area contributed by atoms with Crippen molar-refractivity contribution in [3.8, 4) is 0 Å². The van der Waals surface area contributed by atoms with Crippen LogP contribution in [0.2, 0.25) is 0 Å². The molecule has 0 aliphatic rings. The van der Waals surface area contributed by atoms with Gasteiger partial charge in [-0.05, 0) is 35.9 Å². The van der Waals surface area contributed by atoms with E-state index >= 15 is 0 Å². The number of allylic oxidation sites excluding steroid dienone is 1. The van der Waals surface area contributed by atoms with Gasteiger partial charge in [0.25, 0.3) is 0 Å². The van der Waals surface area contributed by atoms with E-state index in [0.717, 1.165) is 16.9 Å². The van der Waals surface area contributed by atoms with Gasteiger partial charge in [-0.15, -0.1) is 6.58 Å². The Morgan fingerprint density at radius 3 is 2.94 bits per heavy atom. The second kappa shape index (κ2) is 7.93. The Morgan fingerprint density at radius 2 is 2.28 bits per heavy atom. The Hall–Kier alpha value is -1.29. The van der Waals surface area contributed by atoms with Crippen LogP contribution in [-0.2, 0) is 17.1 Å². The van der Waals surface area contributed by atoms with Crippen LogP contribution in [0.15, 0.2) is 30.9 Å². The van der Waals surface area contributed by atoms with E-state index in [1.807, 2.05) is 6.26 Å². The van der Waals surface area contributed by atoms with Gasteiger partial charge in [0.1, 0.15) is 5.82 Å².